The second-order valence-corrected chi connectivity index (χ2v) is 8.11. The lowest BCUT2D eigenvalue weighted by atomic mass is 9.65. The maximum Gasteiger partial charge on any atom is 0.261 e. The lowest BCUT2D eigenvalue weighted by Crippen LogP contribution is -2.46. The van der Waals surface area contributed by atoms with Gasteiger partial charge in [0, 0.05) is 13.2 Å². The third kappa shape index (κ3) is 2.88. The molecule has 0 aliphatic carbocycles. The summed E-state index contributed by atoms with van der Waals surface area (Å²) in [6, 6.07) is 7.10. The van der Waals surface area contributed by atoms with Gasteiger partial charge in [-0.15, -0.1) is 0 Å². The number of nitrogens with zero attached hydrogens (tertiary/aromatic N) is 1. The van der Waals surface area contributed by atoms with Gasteiger partial charge in [-0.3, -0.25) is 14.5 Å². The van der Waals surface area contributed by atoms with Crippen molar-refractivity contribution >= 4 is 11.8 Å². The normalized spacial score (nSPS) is 26.1. The van der Waals surface area contributed by atoms with Crippen LogP contribution in [0.3, 0.4) is 0 Å². The Balaban J connectivity index is 1.77. The lowest BCUT2D eigenvalue weighted by molar-refractivity contribution is -0.121. The number of carbonyl (C=O) groups is 2. The summed E-state index contributed by atoms with van der Waals surface area (Å²) in [7, 11) is 0. The van der Waals surface area contributed by atoms with E-state index in [2.05, 4.69) is 27.7 Å². The third-order valence-corrected chi connectivity index (χ3v) is 5.81. The van der Waals surface area contributed by atoms with Crippen molar-refractivity contribution in [2.75, 3.05) is 13.2 Å². The maximum atomic E-state index is 12.6. The molecule has 0 aromatic heterocycles. The zero-order valence-electron chi connectivity index (χ0n) is 15.1. The van der Waals surface area contributed by atoms with Crippen LogP contribution in [0.2, 0.25) is 0 Å². The van der Waals surface area contributed by atoms with Crippen LogP contribution in [0.25, 0.3) is 0 Å². The Morgan fingerprint density at radius 1 is 1.12 bits per heavy atom. The highest BCUT2D eigenvalue weighted by atomic mass is 16.5. The number of carbonyl (C=O) groups excluding carboxylic acids is 2. The second kappa shape index (κ2) is 5.99. The van der Waals surface area contributed by atoms with Crippen molar-refractivity contribution in [1.29, 1.82) is 0 Å². The summed E-state index contributed by atoms with van der Waals surface area (Å²) in [6.45, 7) is 9.97. The first-order valence-corrected chi connectivity index (χ1v) is 8.85. The molecule has 1 fully saturated rings. The number of ether oxygens (including phenoxy) is 1. The van der Waals surface area contributed by atoms with Crippen molar-refractivity contribution < 1.29 is 14.3 Å². The first kappa shape index (κ1) is 17.2. The molecule has 0 N–H and O–H groups in total. The molecule has 1 aromatic rings. The quantitative estimate of drug-likeness (QED) is 0.787. The number of hydrogen-bond acceptors (Lipinski definition) is 3. The van der Waals surface area contributed by atoms with Crippen LogP contribution in [-0.4, -0.2) is 35.5 Å². The van der Waals surface area contributed by atoms with Gasteiger partial charge in [0.1, 0.15) is 0 Å². The van der Waals surface area contributed by atoms with E-state index in [-0.39, 0.29) is 22.8 Å². The van der Waals surface area contributed by atoms with Gasteiger partial charge in [-0.25, -0.2) is 0 Å². The highest BCUT2D eigenvalue weighted by molar-refractivity contribution is 6.21. The monoisotopic (exact) mass is 329 g/mol. The highest BCUT2D eigenvalue weighted by Gasteiger charge is 2.44. The molecule has 4 nitrogen and oxygen atoms in total. The fraction of sp³-hybridized carbons (Fsp3) is 0.600. The summed E-state index contributed by atoms with van der Waals surface area (Å²) in [5.74, 6) is 0.178. The Labute approximate surface area is 144 Å². The molecule has 4 heteroatoms. The Kier molecular flexibility index (Phi) is 4.28. The van der Waals surface area contributed by atoms with E-state index >= 15 is 0 Å². The minimum absolute atomic E-state index is 0.108. The summed E-state index contributed by atoms with van der Waals surface area (Å²) >= 11 is 0. The number of amides is 2. The molecule has 0 spiro atoms. The van der Waals surface area contributed by atoms with Gasteiger partial charge in [-0.05, 0) is 56.6 Å². The van der Waals surface area contributed by atoms with Gasteiger partial charge >= 0.3 is 0 Å². The molecule has 130 valence electrons. The van der Waals surface area contributed by atoms with Gasteiger partial charge in [-0.1, -0.05) is 26.0 Å². The van der Waals surface area contributed by atoms with E-state index in [4.69, 9.17) is 4.74 Å². The van der Waals surface area contributed by atoms with Gasteiger partial charge in [0.25, 0.3) is 11.8 Å². The van der Waals surface area contributed by atoms with Crippen molar-refractivity contribution in [3.05, 3.63) is 35.4 Å². The van der Waals surface area contributed by atoms with Crippen molar-refractivity contribution in [1.82, 2.24) is 4.90 Å². The second-order valence-electron chi connectivity index (χ2n) is 8.11. The van der Waals surface area contributed by atoms with E-state index in [0.717, 1.165) is 25.9 Å². The van der Waals surface area contributed by atoms with Gasteiger partial charge in [-0.2, -0.15) is 0 Å². The molecule has 1 aromatic carbocycles. The van der Waals surface area contributed by atoms with Gasteiger partial charge in [0.15, 0.2) is 0 Å². The van der Waals surface area contributed by atoms with Crippen LogP contribution < -0.4 is 0 Å². The summed E-state index contributed by atoms with van der Waals surface area (Å²) in [4.78, 5) is 26.6. The molecule has 0 radical (unpaired) electrons. The number of fused-ring (bicyclic) bond motifs is 1. The Morgan fingerprint density at radius 2 is 1.71 bits per heavy atom. The minimum atomic E-state index is -0.152. The predicted octanol–water partition coefficient (Wildman–Crippen LogP) is 3.90. The predicted molar refractivity (Wildman–Crippen MR) is 93.0 cm³/mol. The van der Waals surface area contributed by atoms with E-state index in [1.807, 2.05) is 12.1 Å². The smallest absolute Gasteiger partial charge is 0.261 e. The van der Waals surface area contributed by atoms with E-state index in [1.165, 1.54) is 4.90 Å². The summed E-state index contributed by atoms with van der Waals surface area (Å²) < 4.78 is 5.89. The zero-order chi connectivity index (χ0) is 17.5. The van der Waals surface area contributed by atoms with Gasteiger partial charge in [0.2, 0.25) is 0 Å². The van der Waals surface area contributed by atoms with Crippen molar-refractivity contribution in [3.8, 4) is 0 Å². The molecule has 3 rings (SSSR count). The van der Waals surface area contributed by atoms with Crippen molar-refractivity contribution in [3.63, 3.8) is 0 Å². The summed E-state index contributed by atoms with van der Waals surface area (Å²) in [6.07, 6.45) is 2.78. The number of benzene rings is 1. The molecule has 24 heavy (non-hydrogen) atoms. The zero-order valence-corrected chi connectivity index (χ0v) is 15.1. The van der Waals surface area contributed by atoms with Crippen LogP contribution in [-0.2, 0) is 4.74 Å². The molecule has 2 heterocycles. The number of rotatable bonds is 4. The van der Waals surface area contributed by atoms with Crippen LogP contribution in [0.5, 0.6) is 0 Å². The fourth-order valence-corrected chi connectivity index (χ4v) is 4.29. The molecule has 1 atom stereocenters. The van der Waals surface area contributed by atoms with Crippen molar-refractivity contribution in [2.45, 2.75) is 52.6 Å². The van der Waals surface area contributed by atoms with Crippen molar-refractivity contribution in [2.24, 2.45) is 11.3 Å². The van der Waals surface area contributed by atoms with Crippen LogP contribution >= 0.6 is 0 Å². The molecule has 0 unspecified atom stereocenters. The van der Waals surface area contributed by atoms with Crippen LogP contribution in [0.4, 0.5) is 0 Å². The van der Waals surface area contributed by atoms with Crippen LogP contribution in [0.1, 0.15) is 67.7 Å². The average molecular weight is 329 g/mol. The van der Waals surface area contributed by atoms with E-state index < -0.39 is 0 Å². The minimum Gasteiger partial charge on any atom is -0.376 e. The standard InChI is InChI=1S/C20H27NO3/c1-14(2)20(10-12-24-19(3,4)13-20)9-11-21-17(22)15-7-5-6-8-16(15)18(21)23/h5-8,14H,9-13H2,1-4H3/t20-/m0/s1. The average Bonchev–Trinajstić information content (AvgIpc) is 2.76. The molecule has 1 saturated heterocycles. The molecule has 2 amide bonds. The summed E-state index contributed by atoms with van der Waals surface area (Å²) in [5, 5.41) is 0. The van der Waals surface area contributed by atoms with E-state index in [1.54, 1.807) is 12.1 Å². The molecule has 0 saturated carbocycles. The number of hydrogen-bond donors (Lipinski definition) is 0. The van der Waals surface area contributed by atoms with E-state index in [0.29, 0.717) is 23.6 Å². The third-order valence-electron chi connectivity index (χ3n) is 5.81. The summed E-state index contributed by atoms with van der Waals surface area (Å²) in [5.41, 5.74) is 1.03. The molecular formula is C20H27NO3. The molecular weight excluding hydrogens is 302 g/mol. The van der Waals surface area contributed by atoms with Gasteiger partial charge < -0.3 is 4.74 Å². The van der Waals surface area contributed by atoms with Crippen LogP contribution in [0.15, 0.2) is 24.3 Å². The number of imide groups is 1. The molecule has 2 aliphatic heterocycles. The Bertz CT molecular complexity index is 630. The lowest BCUT2D eigenvalue weighted by Gasteiger charge is -2.48. The highest BCUT2D eigenvalue weighted by Crippen LogP contribution is 2.47. The Hall–Kier alpha value is -1.68. The van der Waals surface area contributed by atoms with Gasteiger partial charge in [0.05, 0.1) is 16.7 Å². The van der Waals surface area contributed by atoms with Crippen LogP contribution in [0, 0.1) is 11.3 Å². The fourth-order valence-electron chi connectivity index (χ4n) is 4.29. The topological polar surface area (TPSA) is 46.6 Å². The largest absolute Gasteiger partial charge is 0.376 e. The SMILES string of the molecule is CC(C)[C@@]1(CCN2C(=O)c3ccccc3C2=O)CCOC(C)(C)C1. The first-order valence-electron chi connectivity index (χ1n) is 8.85. The first-order chi connectivity index (χ1) is 11.3. The maximum absolute atomic E-state index is 12.6. The Morgan fingerprint density at radius 3 is 2.21 bits per heavy atom. The molecule has 2 aliphatic rings. The van der Waals surface area contributed by atoms with E-state index in [9.17, 15) is 9.59 Å². The molecule has 0 bridgehead atoms.